The van der Waals surface area contributed by atoms with Crippen LogP contribution in [-0.2, 0) is 25.0 Å². The molecule has 31 aromatic rings. The van der Waals surface area contributed by atoms with Crippen molar-refractivity contribution in [2.75, 3.05) is 53.2 Å². The molecule has 0 amide bonds. The lowest BCUT2D eigenvalue weighted by molar-refractivity contribution is 0.0191. The number of rotatable bonds is 10. The van der Waals surface area contributed by atoms with Gasteiger partial charge in [0.2, 0.25) is 0 Å². The number of fused-ring (bicyclic) bond motifs is 2. The van der Waals surface area contributed by atoms with Crippen molar-refractivity contribution >= 4 is 368 Å². The predicted octanol–water partition coefficient (Wildman–Crippen LogP) is 23.2. The Hall–Kier alpha value is -8.90. The second-order valence-corrected chi connectivity index (χ2v) is 38.7. The molecule has 1 saturated heterocycles. The van der Waals surface area contributed by atoms with Gasteiger partial charge in [0.25, 0.3) is 0 Å². The summed E-state index contributed by atoms with van der Waals surface area (Å²) < 4.78 is 21.5. The number of nitrogens with zero attached hydrogens (tertiary/aromatic N) is 1. The first-order valence-electron chi connectivity index (χ1n) is 36.5. The zero-order chi connectivity index (χ0) is 62.1. The molecule has 3 aliphatic heterocycles. The van der Waals surface area contributed by atoms with Crippen LogP contribution in [0.2, 0.25) is 0 Å². The highest BCUT2D eigenvalue weighted by Crippen LogP contribution is 2.87. The highest BCUT2D eigenvalue weighted by Gasteiger charge is 2.77. The van der Waals surface area contributed by atoms with E-state index < -0.39 is 10.8 Å². The Bertz CT molecular complexity index is 9060. The number of methoxy groups -OCH3 is 1. The molecule has 0 aromatic heterocycles. The van der Waals surface area contributed by atoms with Crippen LogP contribution in [0.4, 0.5) is 0 Å². The van der Waals surface area contributed by atoms with E-state index in [0.29, 0.717) is 33.0 Å². The van der Waals surface area contributed by atoms with Crippen LogP contribution in [-0.4, -0.2) is 64.2 Å². The number of ether oxygens (including phenoxy) is 3. The molecular weight excluding hydrogens is 1300 g/mol. The fourth-order valence-electron chi connectivity index (χ4n) is 30.0. The van der Waals surface area contributed by atoms with Gasteiger partial charge in [0.15, 0.2) is 0 Å². The SMILES string of the molecule is COCCOCCOCCN1CC23c4c5c6c7c8c9c(c%10c%11c2c2c4c4c%12c5c5c6c6c8c8c%13c9c9c%10c%10c%11c%11c2c2c4c4c%12c%12c5c5c6c8c6c8c%13c9c9c%10c%10c%11c2c2c4c4c%12c5c6c5c8c9c%10c2c45)C73C1C1=C(C)SC(=c2c3ccccc3c(=C3SC(C)=C(C)S3)c3ccccc23)S1. The number of benzene rings is 21. The summed E-state index contributed by atoms with van der Waals surface area (Å²) in [6.45, 7) is 11.9. The number of hydrogen-bond donors (Lipinski definition) is 0. The number of likely N-dealkylation sites (tertiary alicyclic amines) is 1. The third-order valence-corrected chi connectivity index (χ3v) is 36.8. The number of thioether (sulfide) groups is 4. The van der Waals surface area contributed by atoms with Gasteiger partial charge < -0.3 is 14.2 Å². The van der Waals surface area contributed by atoms with Crippen molar-refractivity contribution < 1.29 is 14.2 Å². The minimum atomic E-state index is -0.495. The molecule has 1 unspecified atom stereocenters. The van der Waals surface area contributed by atoms with E-state index in [2.05, 4.69) is 97.7 Å². The monoisotopic (exact) mass is 1330 g/mol. The maximum absolute atomic E-state index is 7.03. The topological polar surface area (TPSA) is 30.9 Å². The molecule has 1 fully saturated rings. The minimum absolute atomic E-state index is 0.00419. The van der Waals surface area contributed by atoms with Crippen LogP contribution >= 0.6 is 47.0 Å². The molecule has 0 saturated carbocycles. The Morgan fingerprint density at radius 2 is 0.560 bits per heavy atom. The van der Waals surface area contributed by atoms with Crippen LogP contribution in [0.25, 0.3) is 321 Å². The maximum Gasteiger partial charge on any atom is 0.0701 e. The summed E-state index contributed by atoms with van der Waals surface area (Å²) in [4.78, 5) is 9.01. The van der Waals surface area contributed by atoms with Crippen molar-refractivity contribution in [2.45, 2.75) is 37.6 Å². The predicted molar refractivity (Wildman–Crippen MR) is 432 cm³/mol. The van der Waals surface area contributed by atoms with E-state index in [9.17, 15) is 0 Å². The summed E-state index contributed by atoms with van der Waals surface area (Å²) in [6, 6.07) is 19.0. The lowest BCUT2D eigenvalue weighted by Gasteiger charge is -2.52. The van der Waals surface area contributed by atoms with Crippen LogP contribution in [0.5, 0.6) is 0 Å². The van der Waals surface area contributed by atoms with E-state index in [1.807, 2.05) is 23.5 Å². The Morgan fingerprint density at radius 1 is 0.310 bits per heavy atom. The van der Waals surface area contributed by atoms with Crippen LogP contribution in [0.15, 0.2) is 68.2 Å². The number of allylic oxidation sites excluding steroid dienone is 3. The zero-order valence-electron chi connectivity index (χ0n) is 53.5. The van der Waals surface area contributed by atoms with Gasteiger partial charge in [-0.15, -0.1) is 0 Å². The first-order chi connectivity index (χ1) is 49.5. The summed E-state index contributed by atoms with van der Waals surface area (Å²) in [5.41, 5.74) is 6.05. The molecule has 1 atom stereocenters. The standard InChI is InChI=1S/C92H35NO3S4/c1-20-21(2)98-89(97-20)27-23-9-5-7-11-25(23)28(26-12-8-6-10-24(26)27)90-99-22(3)87(100-90)88-92-85-79-73-63-51-43-35-31-29-30-33-37(35)45(51)55-49-41(33)42-34(30)38-36-32(29)40-39(31)47-53(43)61-67-57(47)58-48(40)54-44(36)52-46(38)56-50(42)60-59(49)71(65(55)73)81(85)82-72(60)66(56)74-64(52)70-62(54)68(58)76-75(67)83(77(79)69(61)63)91(92,84(76)78(70)80(74)86(82)92)19-93(88)13-14-95-17-18-96-16-15-94-4/h5-12,88H,13-19H2,1-4H3. The first-order valence-corrected chi connectivity index (χ1v) is 39.7. The van der Waals surface area contributed by atoms with E-state index in [1.54, 1.807) is 325 Å². The average Bonchev–Trinajstić information content (AvgIpc) is 1.38. The molecule has 0 N–H and O–H groups in total. The summed E-state index contributed by atoms with van der Waals surface area (Å²) in [7, 11) is 1.76. The Morgan fingerprint density at radius 3 is 0.860 bits per heavy atom. The molecule has 2 spiro atoms. The minimum Gasteiger partial charge on any atom is -0.382 e. The van der Waals surface area contributed by atoms with Gasteiger partial charge >= 0.3 is 0 Å². The van der Waals surface area contributed by atoms with Gasteiger partial charge in [-0.25, -0.2) is 0 Å². The first kappa shape index (κ1) is 45.8. The fraction of sp³-hybridized carbons (Fsp3) is 0.152. The van der Waals surface area contributed by atoms with Gasteiger partial charge in [-0.2, -0.15) is 0 Å². The van der Waals surface area contributed by atoms with Gasteiger partial charge in [0.05, 0.1) is 58.4 Å². The molecule has 38 rings (SSSR count). The molecule has 0 bridgehead atoms. The third-order valence-electron chi connectivity index (χ3n) is 31.5. The number of hydrogen-bond acceptors (Lipinski definition) is 8. The van der Waals surface area contributed by atoms with E-state index in [-0.39, 0.29) is 6.04 Å². The molecule has 31 aromatic carbocycles. The highest BCUT2D eigenvalue weighted by atomic mass is 32.2. The second kappa shape index (κ2) is 12.3. The van der Waals surface area contributed by atoms with Crippen molar-refractivity contribution in [1.29, 1.82) is 0 Å². The molecular formula is C92H35NO3S4. The Balaban J connectivity index is 0.795. The molecule has 100 heavy (non-hydrogen) atoms. The van der Waals surface area contributed by atoms with Gasteiger partial charge in [-0.05, 0) is 370 Å². The third kappa shape index (κ3) is 3.22. The van der Waals surface area contributed by atoms with Gasteiger partial charge in [-0.1, -0.05) is 95.6 Å². The summed E-state index contributed by atoms with van der Waals surface area (Å²) in [5, 5.41) is 97.4. The maximum atomic E-state index is 7.03. The Labute approximate surface area is 574 Å². The van der Waals surface area contributed by atoms with Crippen LogP contribution in [0.1, 0.15) is 43.0 Å². The normalized spacial score (nSPS) is 22.2. The van der Waals surface area contributed by atoms with E-state index in [4.69, 9.17) is 14.2 Å². The molecule has 8 heteroatoms. The largest absolute Gasteiger partial charge is 0.382 e. The van der Waals surface area contributed by atoms with Gasteiger partial charge in [0.1, 0.15) is 0 Å². The molecule has 450 valence electrons. The van der Waals surface area contributed by atoms with Crippen LogP contribution in [0, 0.1) is 0 Å². The lowest BCUT2D eigenvalue weighted by Crippen LogP contribution is -2.55. The summed E-state index contributed by atoms with van der Waals surface area (Å²) in [5.74, 6) is 0. The zero-order valence-corrected chi connectivity index (χ0v) is 56.7. The molecule has 3 heterocycles. The lowest BCUT2D eigenvalue weighted by atomic mass is 9.48. The van der Waals surface area contributed by atoms with Crippen LogP contribution in [0.3, 0.4) is 0 Å². The molecule has 0 radical (unpaired) electrons. The molecule has 7 aliphatic rings. The van der Waals surface area contributed by atoms with E-state index in [1.165, 1.54) is 55.2 Å². The van der Waals surface area contributed by atoms with Crippen molar-refractivity contribution in [3.05, 3.63) is 101 Å². The van der Waals surface area contributed by atoms with Crippen molar-refractivity contribution in [3.63, 3.8) is 0 Å². The second-order valence-electron chi connectivity index (χ2n) is 33.4. The summed E-state index contributed by atoms with van der Waals surface area (Å²) >= 11 is 8.25. The average molecular weight is 1330 g/mol. The van der Waals surface area contributed by atoms with Crippen molar-refractivity contribution in [1.82, 2.24) is 4.90 Å². The highest BCUT2D eigenvalue weighted by molar-refractivity contribution is 8.36. The van der Waals surface area contributed by atoms with E-state index >= 15 is 0 Å². The summed E-state index contributed by atoms with van der Waals surface area (Å²) in [6.07, 6.45) is 0. The van der Waals surface area contributed by atoms with Crippen molar-refractivity contribution in [2.24, 2.45) is 0 Å². The quantitative estimate of drug-likeness (QED) is 0.0761. The van der Waals surface area contributed by atoms with Gasteiger partial charge in [-0.3, -0.25) is 4.90 Å². The van der Waals surface area contributed by atoms with Crippen molar-refractivity contribution in [3.8, 4) is 0 Å². The van der Waals surface area contributed by atoms with E-state index in [0.717, 1.165) is 13.1 Å². The smallest absolute Gasteiger partial charge is 0.0701 e. The Kier molecular flexibility index (Phi) is 5.63. The fourth-order valence-corrected chi connectivity index (χ4v) is 35.6. The molecule has 4 nitrogen and oxygen atoms in total. The van der Waals surface area contributed by atoms with Crippen LogP contribution < -0.4 is 10.4 Å². The van der Waals surface area contributed by atoms with Gasteiger partial charge in [0, 0.05) is 35.5 Å². The molecule has 4 aliphatic carbocycles.